The summed E-state index contributed by atoms with van der Waals surface area (Å²) in [7, 11) is 0. The number of halogens is 2. The number of ether oxygens (including phenoxy) is 2. The second-order valence-electron chi connectivity index (χ2n) is 12.7. The zero-order valence-corrected chi connectivity index (χ0v) is 19.4. The Kier molecular flexibility index (Phi) is 4.38. The van der Waals surface area contributed by atoms with Crippen LogP contribution in [0.1, 0.15) is 88.2 Å². The molecule has 8 aliphatic rings. The molecular formula is C28H30F2N2O2. The van der Waals surface area contributed by atoms with E-state index < -0.39 is 34.0 Å². The molecule has 1 aromatic rings. The molecule has 0 heterocycles. The second-order valence-corrected chi connectivity index (χ2v) is 12.7. The molecule has 0 amide bonds. The zero-order chi connectivity index (χ0) is 23.2. The van der Waals surface area contributed by atoms with Crippen molar-refractivity contribution in [1.82, 2.24) is 0 Å². The van der Waals surface area contributed by atoms with E-state index in [0.717, 1.165) is 38.5 Å². The van der Waals surface area contributed by atoms with E-state index >= 15 is 8.78 Å². The summed E-state index contributed by atoms with van der Waals surface area (Å²) in [6.45, 7) is 0. The van der Waals surface area contributed by atoms with Gasteiger partial charge in [0.2, 0.25) is 11.5 Å². The number of nitrogens with zero attached hydrogens (tertiary/aromatic N) is 2. The number of hydrogen-bond donors (Lipinski definition) is 0. The third-order valence-corrected chi connectivity index (χ3v) is 10.1. The van der Waals surface area contributed by atoms with Crippen molar-refractivity contribution in [3.63, 3.8) is 0 Å². The van der Waals surface area contributed by atoms with Crippen molar-refractivity contribution in [2.24, 2.45) is 35.5 Å². The first-order valence-corrected chi connectivity index (χ1v) is 13.1. The van der Waals surface area contributed by atoms with Gasteiger partial charge in [0.1, 0.15) is 34.5 Å². The largest absolute Gasteiger partial charge is 0.480 e. The summed E-state index contributed by atoms with van der Waals surface area (Å²) in [5.41, 5.74) is -2.19. The number of hydrogen-bond acceptors (Lipinski definition) is 4. The fraction of sp³-hybridized carbons (Fsp3) is 0.714. The maximum absolute atomic E-state index is 15.9. The smallest absolute Gasteiger partial charge is 0.202 e. The quantitative estimate of drug-likeness (QED) is 0.517. The van der Waals surface area contributed by atoms with Gasteiger partial charge >= 0.3 is 0 Å². The SMILES string of the molecule is N#Cc1c(F)c(OC23CC4CC(CC(C4)C2)C3)c(OC23CC4CC(CC(C4)C2)C3)c(F)c1C#N. The molecule has 0 spiro atoms. The van der Waals surface area contributed by atoms with Crippen LogP contribution in [0.2, 0.25) is 0 Å². The van der Waals surface area contributed by atoms with Crippen LogP contribution in [0.5, 0.6) is 11.5 Å². The molecule has 34 heavy (non-hydrogen) atoms. The van der Waals surface area contributed by atoms with Crippen molar-refractivity contribution in [1.29, 1.82) is 10.5 Å². The average Bonchev–Trinajstić information content (AvgIpc) is 2.76. The fourth-order valence-corrected chi connectivity index (χ4v) is 9.78. The second kappa shape index (κ2) is 7.09. The molecule has 0 radical (unpaired) electrons. The summed E-state index contributed by atoms with van der Waals surface area (Å²) in [5, 5.41) is 19.2. The highest BCUT2D eigenvalue weighted by atomic mass is 19.1. The van der Waals surface area contributed by atoms with Crippen LogP contribution in [0.3, 0.4) is 0 Å². The fourth-order valence-electron chi connectivity index (χ4n) is 9.78. The number of nitriles is 2. The Labute approximate surface area is 199 Å². The minimum atomic E-state index is -0.934. The molecule has 1 aromatic carbocycles. The van der Waals surface area contributed by atoms with Crippen molar-refractivity contribution in [2.45, 2.75) is 88.3 Å². The van der Waals surface area contributed by atoms with E-state index in [1.54, 1.807) is 12.1 Å². The number of rotatable bonds is 4. The lowest BCUT2D eigenvalue weighted by atomic mass is 9.54. The van der Waals surface area contributed by atoms with Gasteiger partial charge in [-0.05, 0) is 113 Å². The predicted octanol–water partition coefficient (Wildman–Crippen LogP) is 6.40. The van der Waals surface area contributed by atoms with Gasteiger partial charge in [0.15, 0.2) is 11.6 Å². The molecule has 8 fully saturated rings. The minimum absolute atomic E-state index is 0.259. The lowest BCUT2D eigenvalue weighted by molar-refractivity contribution is -0.122. The summed E-state index contributed by atoms with van der Waals surface area (Å²) in [6, 6.07) is 3.44. The normalized spacial score (nSPS) is 42.9. The van der Waals surface area contributed by atoms with Gasteiger partial charge in [-0.2, -0.15) is 10.5 Å². The Hall–Kier alpha value is -2.34. The van der Waals surface area contributed by atoms with Crippen LogP contribution < -0.4 is 9.47 Å². The first-order valence-electron chi connectivity index (χ1n) is 13.1. The van der Waals surface area contributed by atoms with Crippen molar-refractivity contribution in [3.05, 3.63) is 22.8 Å². The van der Waals surface area contributed by atoms with E-state index in [1.165, 1.54) is 38.5 Å². The molecule has 0 aliphatic heterocycles. The Morgan fingerprint density at radius 3 is 1.06 bits per heavy atom. The van der Waals surface area contributed by atoms with Crippen molar-refractivity contribution >= 4 is 0 Å². The first kappa shape index (κ1) is 21.0. The maximum Gasteiger partial charge on any atom is 0.202 e. The standard InChI is InChI=1S/C28H30F2N2O2/c29-23-21(13-31)22(14-32)24(30)26(34-28-10-18-4-19(11-28)6-20(5-18)12-28)25(23)33-27-7-15-1-16(8-27)3-17(2-15)9-27/h15-20H,1-12H2. The van der Waals surface area contributed by atoms with Gasteiger partial charge in [0.25, 0.3) is 0 Å². The summed E-state index contributed by atoms with van der Waals surface area (Å²) in [5.74, 6) is 1.03. The molecule has 0 N–H and O–H groups in total. The third-order valence-electron chi connectivity index (χ3n) is 10.1. The third kappa shape index (κ3) is 3.03. The topological polar surface area (TPSA) is 66.0 Å². The Bertz CT molecular complexity index is 987. The lowest BCUT2D eigenvalue weighted by Gasteiger charge is -2.57. The molecule has 0 saturated heterocycles. The molecule has 8 bridgehead atoms. The van der Waals surface area contributed by atoms with Gasteiger partial charge in [0, 0.05) is 0 Å². The van der Waals surface area contributed by atoms with Crippen LogP contribution >= 0.6 is 0 Å². The van der Waals surface area contributed by atoms with E-state index in [2.05, 4.69) is 0 Å². The van der Waals surface area contributed by atoms with Crippen LogP contribution in [0.4, 0.5) is 8.78 Å². The molecule has 0 aromatic heterocycles. The molecule has 178 valence electrons. The minimum Gasteiger partial charge on any atom is -0.480 e. The first-order chi connectivity index (χ1) is 16.4. The van der Waals surface area contributed by atoms with Crippen molar-refractivity contribution in [3.8, 4) is 23.6 Å². The average molecular weight is 465 g/mol. The Morgan fingerprint density at radius 2 is 0.824 bits per heavy atom. The zero-order valence-electron chi connectivity index (χ0n) is 19.4. The maximum atomic E-state index is 15.9. The van der Waals surface area contributed by atoms with E-state index in [1.807, 2.05) is 0 Å². The molecule has 4 nitrogen and oxygen atoms in total. The van der Waals surface area contributed by atoms with Gasteiger partial charge in [-0.15, -0.1) is 0 Å². The highest BCUT2D eigenvalue weighted by Gasteiger charge is 2.55. The van der Waals surface area contributed by atoms with Gasteiger partial charge < -0.3 is 9.47 Å². The van der Waals surface area contributed by atoms with Crippen LogP contribution in [0.25, 0.3) is 0 Å². The molecule has 8 aliphatic carbocycles. The number of benzene rings is 1. The molecule has 6 heteroatoms. The Morgan fingerprint density at radius 1 is 0.559 bits per heavy atom. The van der Waals surface area contributed by atoms with Crippen molar-refractivity contribution < 1.29 is 18.3 Å². The van der Waals surface area contributed by atoms with Gasteiger partial charge in [-0.1, -0.05) is 0 Å². The van der Waals surface area contributed by atoms with Gasteiger partial charge in [-0.25, -0.2) is 8.78 Å². The lowest BCUT2D eigenvalue weighted by Crippen LogP contribution is -2.55. The molecule has 0 atom stereocenters. The van der Waals surface area contributed by atoms with Crippen LogP contribution in [-0.4, -0.2) is 11.2 Å². The summed E-state index contributed by atoms with van der Waals surface area (Å²) in [6.07, 6.45) is 12.3. The summed E-state index contributed by atoms with van der Waals surface area (Å²) < 4.78 is 44.7. The van der Waals surface area contributed by atoms with E-state index in [-0.39, 0.29) is 11.5 Å². The van der Waals surface area contributed by atoms with Crippen LogP contribution in [0.15, 0.2) is 0 Å². The van der Waals surface area contributed by atoms with E-state index in [0.29, 0.717) is 35.5 Å². The van der Waals surface area contributed by atoms with Crippen LogP contribution in [0, 0.1) is 69.8 Å². The monoisotopic (exact) mass is 464 g/mol. The van der Waals surface area contributed by atoms with Crippen LogP contribution in [-0.2, 0) is 0 Å². The molecular weight excluding hydrogens is 434 g/mol. The Balaban J connectivity index is 1.32. The van der Waals surface area contributed by atoms with Gasteiger partial charge in [-0.3, -0.25) is 0 Å². The summed E-state index contributed by atoms with van der Waals surface area (Å²) in [4.78, 5) is 0. The van der Waals surface area contributed by atoms with Gasteiger partial charge in [0.05, 0.1) is 0 Å². The highest BCUT2D eigenvalue weighted by molar-refractivity contribution is 5.59. The predicted molar refractivity (Wildman–Crippen MR) is 119 cm³/mol. The van der Waals surface area contributed by atoms with E-state index in [9.17, 15) is 10.5 Å². The molecule has 8 saturated carbocycles. The van der Waals surface area contributed by atoms with Crippen molar-refractivity contribution in [2.75, 3.05) is 0 Å². The summed E-state index contributed by atoms with van der Waals surface area (Å²) >= 11 is 0. The molecule has 0 unspecified atom stereocenters. The van der Waals surface area contributed by atoms with E-state index in [4.69, 9.17) is 9.47 Å². The highest BCUT2D eigenvalue weighted by Crippen LogP contribution is 2.60. The molecule has 9 rings (SSSR count).